The number of carbonyl (C=O) groups is 1. The number of ether oxygens (including phenoxy) is 4. The van der Waals surface area contributed by atoms with Crippen molar-refractivity contribution in [3.63, 3.8) is 0 Å². The molecule has 14 heteroatoms. The van der Waals surface area contributed by atoms with Crippen LogP contribution in [0.4, 0.5) is 13.2 Å². The third-order valence-electron chi connectivity index (χ3n) is 8.49. The van der Waals surface area contributed by atoms with Gasteiger partial charge in [-0.1, -0.05) is 6.07 Å². The molecule has 4 aromatic carbocycles. The molecule has 0 aliphatic heterocycles. The number of nitrogens with one attached hydrogen (secondary N) is 1. The van der Waals surface area contributed by atoms with Crippen LogP contribution < -0.4 is 14.2 Å². The molecule has 11 nitrogen and oxygen atoms in total. The van der Waals surface area contributed by atoms with Crippen molar-refractivity contribution in [3.05, 3.63) is 102 Å². The van der Waals surface area contributed by atoms with Gasteiger partial charge in [0.2, 0.25) is 5.89 Å². The normalized spacial score (nSPS) is 11.5. The average Bonchev–Trinajstić information content (AvgIpc) is 3.80. The zero-order chi connectivity index (χ0) is 37.4. The Balaban J connectivity index is 0.000000167. The monoisotopic (exact) mass is 721 g/mol. The molecule has 0 aliphatic carbocycles. The van der Waals surface area contributed by atoms with Crippen molar-refractivity contribution in [2.75, 3.05) is 28.4 Å². The molecule has 0 amide bonds. The maximum absolute atomic E-state index is 13.1. The highest BCUT2D eigenvalue weighted by Crippen LogP contribution is 2.37. The first-order valence-corrected chi connectivity index (χ1v) is 16.0. The van der Waals surface area contributed by atoms with Crippen molar-refractivity contribution >= 4 is 49.9 Å². The van der Waals surface area contributed by atoms with Gasteiger partial charge in [0, 0.05) is 33.7 Å². The van der Waals surface area contributed by atoms with Crippen LogP contribution in [-0.2, 0) is 10.9 Å². The smallest absolute Gasteiger partial charge is 0.433 e. The van der Waals surface area contributed by atoms with E-state index < -0.39 is 17.8 Å². The summed E-state index contributed by atoms with van der Waals surface area (Å²) in [4.78, 5) is 32.3. The molecule has 0 saturated carbocycles. The van der Waals surface area contributed by atoms with Crippen LogP contribution in [0, 0.1) is 6.92 Å². The Bertz CT molecular complexity index is 2670. The number of esters is 1. The van der Waals surface area contributed by atoms with Gasteiger partial charge in [-0.15, -0.1) is 0 Å². The number of H-pyrrole nitrogens is 1. The number of oxazole rings is 1. The highest BCUT2D eigenvalue weighted by atomic mass is 19.4. The summed E-state index contributed by atoms with van der Waals surface area (Å²) in [5.41, 5.74) is 5.25. The third-order valence-corrected chi connectivity index (χ3v) is 8.49. The van der Waals surface area contributed by atoms with E-state index in [9.17, 15) is 18.0 Å². The van der Waals surface area contributed by atoms with Gasteiger partial charge in [0.1, 0.15) is 45.3 Å². The molecule has 268 valence electrons. The molecule has 0 spiro atoms. The molecule has 0 saturated heterocycles. The maximum Gasteiger partial charge on any atom is 0.433 e. The Morgan fingerprint density at radius 1 is 0.698 bits per heavy atom. The summed E-state index contributed by atoms with van der Waals surface area (Å²) >= 11 is 0. The Hall–Kier alpha value is -6.70. The number of benzene rings is 4. The van der Waals surface area contributed by atoms with Gasteiger partial charge < -0.3 is 28.3 Å². The van der Waals surface area contributed by atoms with E-state index >= 15 is 0 Å². The minimum atomic E-state index is -4.57. The van der Waals surface area contributed by atoms with E-state index in [4.69, 9.17) is 23.4 Å². The fourth-order valence-corrected chi connectivity index (χ4v) is 5.89. The molecule has 8 aromatic rings. The van der Waals surface area contributed by atoms with Crippen molar-refractivity contribution in [2.24, 2.45) is 0 Å². The number of alkyl halides is 3. The predicted molar refractivity (Wildman–Crippen MR) is 192 cm³/mol. The van der Waals surface area contributed by atoms with E-state index in [1.54, 1.807) is 38.5 Å². The Labute approximate surface area is 299 Å². The van der Waals surface area contributed by atoms with Crippen LogP contribution in [0.1, 0.15) is 21.7 Å². The molecule has 0 fully saturated rings. The average molecular weight is 722 g/mol. The molecule has 53 heavy (non-hydrogen) atoms. The summed E-state index contributed by atoms with van der Waals surface area (Å²) < 4.78 is 65.8. The number of hydrogen-bond acceptors (Lipinski definition) is 10. The van der Waals surface area contributed by atoms with Crippen molar-refractivity contribution in [2.45, 2.75) is 13.1 Å². The molecule has 1 N–H and O–H groups in total. The van der Waals surface area contributed by atoms with Crippen molar-refractivity contribution < 1.29 is 41.3 Å². The van der Waals surface area contributed by atoms with Gasteiger partial charge in [-0.05, 0) is 79.7 Å². The summed E-state index contributed by atoms with van der Waals surface area (Å²) in [6, 6.07) is 23.7. The van der Waals surface area contributed by atoms with Crippen LogP contribution in [0.3, 0.4) is 0 Å². The number of halogens is 3. The van der Waals surface area contributed by atoms with Crippen LogP contribution in [-0.4, -0.2) is 59.3 Å². The van der Waals surface area contributed by atoms with E-state index in [1.165, 1.54) is 26.4 Å². The molecule has 0 bridgehead atoms. The molecule has 0 unspecified atom stereocenters. The molecular formula is C39H30F3N5O6. The van der Waals surface area contributed by atoms with Crippen LogP contribution >= 0.6 is 0 Å². The van der Waals surface area contributed by atoms with Crippen molar-refractivity contribution in [1.82, 2.24) is 24.9 Å². The van der Waals surface area contributed by atoms with Gasteiger partial charge in [0.15, 0.2) is 5.58 Å². The number of aromatic amines is 1. The summed E-state index contributed by atoms with van der Waals surface area (Å²) in [5, 5.41) is 1.39. The maximum atomic E-state index is 13.1. The van der Waals surface area contributed by atoms with E-state index in [0.29, 0.717) is 39.3 Å². The first-order chi connectivity index (χ1) is 25.5. The fraction of sp³-hybridized carbons (Fsp3) is 0.154. The van der Waals surface area contributed by atoms with E-state index in [-0.39, 0.29) is 11.3 Å². The number of carbonyl (C=O) groups excluding carboxylic acids is 1. The van der Waals surface area contributed by atoms with E-state index in [2.05, 4.69) is 24.9 Å². The van der Waals surface area contributed by atoms with E-state index in [1.807, 2.05) is 49.4 Å². The molecule has 4 aromatic heterocycles. The van der Waals surface area contributed by atoms with Gasteiger partial charge in [0.05, 0.1) is 45.0 Å². The van der Waals surface area contributed by atoms with Crippen LogP contribution in [0.2, 0.25) is 0 Å². The molecule has 0 aliphatic rings. The highest BCUT2D eigenvalue weighted by Gasteiger charge is 2.33. The minimum absolute atomic E-state index is 0.0792. The molecule has 8 rings (SSSR count). The molecule has 0 radical (unpaired) electrons. The Morgan fingerprint density at radius 2 is 1.40 bits per heavy atom. The molecule has 4 heterocycles. The summed E-state index contributed by atoms with van der Waals surface area (Å²) in [5.74, 6) is 2.20. The topological polar surface area (TPSA) is 134 Å². The second-order valence-electron chi connectivity index (χ2n) is 11.7. The zero-order valence-corrected chi connectivity index (χ0v) is 29.0. The second kappa shape index (κ2) is 13.8. The number of aromatic nitrogens is 5. The summed E-state index contributed by atoms with van der Waals surface area (Å²) in [6.07, 6.45) is -4.57. The standard InChI is InChI=1S/C20H14F3N3O3.C19H16N2O3/c1-28-15-7-4-12(11-5-8-16(20(21,22)23)26-17(11)15)18-24-13-6-3-10(19(27)29-2)9-14(13)25-18;1-11-4-6-13-14(7-9-17(23-3)18(13)20-11)19-21-15-10-12(22-2)5-8-16(15)24-19/h3-9H,1-2H3,(H,24,25);4-10H,1-3H3. The number of methoxy groups -OCH3 is 4. The van der Waals surface area contributed by atoms with Gasteiger partial charge in [-0.2, -0.15) is 13.2 Å². The lowest BCUT2D eigenvalue weighted by molar-refractivity contribution is -0.140. The summed E-state index contributed by atoms with van der Waals surface area (Å²) in [6.45, 7) is 1.96. The van der Waals surface area contributed by atoms with Crippen molar-refractivity contribution in [3.8, 4) is 40.1 Å². The van der Waals surface area contributed by atoms with Crippen LogP contribution in [0.25, 0.3) is 66.8 Å². The number of fused-ring (bicyclic) bond motifs is 4. The Kier molecular flexibility index (Phi) is 9.04. The highest BCUT2D eigenvalue weighted by molar-refractivity contribution is 5.99. The quantitative estimate of drug-likeness (QED) is 0.166. The van der Waals surface area contributed by atoms with Gasteiger partial charge in [-0.25, -0.2) is 24.7 Å². The second-order valence-corrected chi connectivity index (χ2v) is 11.7. The number of hydrogen-bond donors (Lipinski definition) is 1. The van der Waals surface area contributed by atoms with Gasteiger partial charge >= 0.3 is 12.1 Å². The number of aryl methyl sites for hydroxylation is 1. The van der Waals surface area contributed by atoms with Crippen molar-refractivity contribution in [1.29, 1.82) is 0 Å². The fourth-order valence-electron chi connectivity index (χ4n) is 5.89. The summed E-state index contributed by atoms with van der Waals surface area (Å²) in [7, 11) is 5.93. The van der Waals surface area contributed by atoms with Crippen LogP contribution in [0.15, 0.2) is 89.3 Å². The first kappa shape index (κ1) is 34.7. The molecular weight excluding hydrogens is 691 g/mol. The largest absolute Gasteiger partial charge is 0.497 e. The number of rotatable bonds is 6. The van der Waals surface area contributed by atoms with E-state index in [0.717, 1.165) is 50.8 Å². The van der Waals surface area contributed by atoms with Crippen LogP contribution in [0.5, 0.6) is 17.2 Å². The molecule has 0 atom stereocenters. The SMILES string of the molecule is COC(=O)c1ccc2nc(-c3ccc(OC)c4nc(C(F)(F)F)ccc34)[nH]c2c1.COc1ccc2oc(-c3ccc(OC)c4nc(C)ccc34)nc2c1. The third kappa shape index (κ3) is 6.62. The zero-order valence-electron chi connectivity index (χ0n) is 29.0. The lowest BCUT2D eigenvalue weighted by atomic mass is 10.1. The lowest BCUT2D eigenvalue weighted by Gasteiger charge is -2.11. The Morgan fingerprint density at radius 3 is 2.09 bits per heavy atom. The van der Waals surface area contributed by atoms with Gasteiger partial charge in [-0.3, -0.25) is 0 Å². The van der Waals surface area contributed by atoms with Gasteiger partial charge in [0.25, 0.3) is 0 Å². The number of imidazole rings is 1. The predicted octanol–water partition coefficient (Wildman–Crippen LogP) is 8.96. The number of pyridine rings is 2. The minimum Gasteiger partial charge on any atom is -0.497 e. The lowest BCUT2D eigenvalue weighted by Crippen LogP contribution is -2.08. The number of nitrogens with zero attached hydrogens (tertiary/aromatic N) is 4. The first-order valence-electron chi connectivity index (χ1n) is 16.0.